The molecule has 0 N–H and O–H groups in total. The van der Waals surface area contributed by atoms with Gasteiger partial charge in [-0.05, 0) is 47.8 Å². The molecule has 2 unspecified atom stereocenters. The molecule has 1 aromatic rings. The first-order valence-electron chi connectivity index (χ1n) is 7.37. The highest BCUT2D eigenvalue weighted by Gasteiger charge is 2.25. The molecular formula is C15H22ClIN2. The number of hydrogen-bond donors (Lipinski definition) is 0. The lowest BCUT2D eigenvalue weighted by molar-refractivity contribution is 0.306. The quantitative estimate of drug-likeness (QED) is 0.508. The van der Waals surface area contributed by atoms with Crippen molar-refractivity contribution in [1.29, 1.82) is 0 Å². The van der Waals surface area contributed by atoms with E-state index in [9.17, 15) is 0 Å². The van der Waals surface area contributed by atoms with Crippen LogP contribution in [0.5, 0.6) is 0 Å². The minimum Gasteiger partial charge on any atom is -0.236 e. The first-order valence-corrected chi connectivity index (χ1v) is 8.83. The summed E-state index contributed by atoms with van der Waals surface area (Å²) in [6.45, 7) is 4.47. The van der Waals surface area contributed by atoms with Gasteiger partial charge in [-0.2, -0.15) is 0 Å². The molecule has 2 rings (SSSR count). The van der Waals surface area contributed by atoms with Gasteiger partial charge in [-0.3, -0.25) is 0 Å². The van der Waals surface area contributed by atoms with Gasteiger partial charge in [0.2, 0.25) is 0 Å². The predicted octanol–water partition coefficient (Wildman–Crippen LogP) is 5.37. The van der Waals surface area contributed by atoms with E-state index in [1.54, 1.807) is 0 Å². The largest absolute Gasteiger partial charge is 0.236 e. The number of aryl methyl sites for hydroxylation is 1. The normalized spacial score (nSPS) is 23.6. The summed E-state index contributed by atoms with van der Waals surface area (Å²) in [5.41, 5.74) is 1.14. The average Bonchev–Trinajstić information content (AvgIpc) is 2.44. The van der Waals surface area contributed by atoms with E-state index < -0.39 is 0 Å². The Morgan fingerprint density at radius 2 is 2.05 bits per heavy atom. The molecule has 2 nitrogen and oxygen atoms in total. The first-order chi connectivity index (χ1) is 9.15. The fourth-order valence-electron chi connectivity index (χ4n) is 2.96. The predicted molar refractivity (Wildman–Crippen MR) is 88.7 cm³/mol. The Hall–Kier alpha value is 0.100. The van der Waals surface area contributed by atoms with E-state index in [2.05, 4.69) is 41.4 Å². The number of hydrogen-bond acceptors (Lipinski definition) is 2. The maximum absolute atomic E-state index is 6.29. The highest BCUT2D eigenvalue weighted by Crippen LogP contribution is 2.37. The Morgan fingerprint density at radius 1 is 1.26 bits per heavy atom. The van der Waals surface area contributed by atoms with E-state index in [-0.39, 0.29) is 0 Å². The highest BCUT2D eigenvalue weighted by atomic mass is 127. The summed E-state index contributed by atoms with van der Waals surface area (Å²) in [6.07, 6.45) is 8.50. The van der Waals surface area contributed by atoms with Gasteiger partial charge in [-0.25, -0.2) is 9.97 Å². The fraction of sp³-hybridized carbons (Fsp3) is 0.733. The van der Waals surface area contributed by atoms with Crippen LogP contribution >= 0.6 is 34.2 Å². The monoisotopic (exact) mass is 392 g/mol. The van der Waals surface area contributed by atoms with Crippen molar-refractivity contribution in [2.24, 2.45) is 5.92 Å². The third-order valence-corrected chi connectivity index (χ3v) is 5.83. The van der Waals surface area contributed by atoms with Crippen LogP contribution in [0.25, 0.3) is 0 Å². The van der Waals surface area contributed by atoms with Crippen molar-refractivity contribution in [3.05, 3.63) is 20.2 Å². The van der Waals surface area contributed by atoms with E-state index in [0.29, 0.717) is 11.1 Å². The van der Waals surface area contributed by atoms with Crippen LogP contribution in [0.1, 0.15) is 69.8 Å². The van der Waals surface area contributed by atoms with Gasteiger partial charge in [0.15, 0.2) is 0 Å². The summed E-state index contributed by atoms with van der Waals surface area (Å²) < 4.78 is 1.03. The molecule has 4 heteroatoms. The minimum absolute atomic E-state index is 0.517. The second-order valence-electron chi connectivity index (χ2n) is 5.52. The molecule has 2 atom stereocenters. The van der Waals surface area contributed by atoms with Crippen LogP contribution in [0.4, 0.5) is 0 Å². The van der Waals surface area contributed by atoms with Crippen molar-refractivity contribution < 1.29 is 0 Å². The zero-order valence-corrected chi connectivity index (χ0v) is 14.7. The van der Waals surface area contributed by atoms with Gasteiger partial charge in [0.1, 0.15) is 11.0 Å². The van der Waals surface area contributed by atoms with E-state index in [1.807, 2.05) is 0 Å². The van der Waals surface area contributed by atoms with Crippen molar-refractivity contribution in [2.45, 2.75) is 64.7 Å². The highest BCUT2D eigenvalue weighted by molar-refractivity contribution is 14.1. The van der Waals surface area contributed by atoms with Gasteiger partial charge in [0.25, 0.3) is 0 Å². The van der Waals surface area contributed by atoms with Crippen LogP contribution in [-0.4, -0.2) is 9.97 Å². The SMILES string of the molecule is CCCc1nc(C2CCCC(CC)C2)nc(Cl)c1I. The van der Waals surface area contributed by atoms with Gasteiger partial charge < -0.3 is 0 Å². The van der Waals surface area contributed by atoms with Crippen LogP contribution in [0.2, 0.25) is 5.15 Å². The fourth-order valence-corrected chi connectivity index (χ4v) is 3.67. The van der Waals surface area contributed by atoms with E-state index in [0.717, 1.165) is 33.8 Å². The standard InChI is InChI=1S/C15H22ClIN2/c1-3-6-12-13(17)14(16)19-15(18-12)11-8-5-7-10(4-2)9-11/h10-11H,3-9H2,1-2H3. The zero-order valence-electron chi connectivity index (χ0n) is 11.8. The van der Waals surface area contributed by atoms with E-state index in [1.165, 1.54) is 32.1 Å². The maximum Gasteiger partial charge on any atom is 0.146 e. The number of aromatic nitrogens is 2. The van der Waals surface area contributed by atoms with Gasteiger partial charge in [-0.15, -0.1) is 0 Å². The molecular weight excluding hydrogens is 371 g/mol. The molecule has 1 aromatic heterocycles. The van der Waals surface area contributed by atoms with Crippen molar-refractivity contribution >= 4 is 34.2 Å². The summed E-state index contributed by atoms with van der Waals surface area (Å²) in [7, 11) is 0. The lowest BCUT2D eigenvalue weighted by atomic mass is 9.80. The van der Waals surface area contributed by atoms with Gasteiger partial charge >= 0.3 is 0 Å². The Bertz CT molecular complexity index is 436. The summed E-state index contributed by atoms with van der Waals surface area (Å²) in [6, 6.07) is 0. The molecule has 1 aliphatic rings. The second kappa shape index (κ2) is 7.21. The molecule has 106 valence electrons. The lowest BCUT2D eigenvalue weighted by Gasteiger charge is -2.27. The molecule has 0 radical (unpaired) electrons. The van der Waals surface area contributed by atoms with E-state index >= 15 is 0 Å². The summed E-state index contributed by atoms with van der Waals surface area (Å²) >= 11 is 8.56. The topological polar surface area (TPSA) is 25.8 Å². The molecule has 1 heterocycles. The molecule has 0 aliphatic heterocycles. The lowest BCUT2D eigenvalue weighted by Crippen LogP contribution is -2.17. The zero-order chi connectivity index (χ0) is 13.8. The van der Waals surface area contributed by atoms with Crippen molar-refractivity contribution in [2.75, 3.05) is 0 Å². The van der Waals surface area contributed by atoms with Crippen LogP contribution in [0, 0.1) is 9.49 Å². The molecule has 1 fully saturated rings. The third kappa shape index (κ3) is 3.81. The summed E-state index contributed by atoms with van der Waals surface area (Å²) in [4.78, 5) is 9.37. The van der Waals surface area contributed by atoms with Crippen molar-refractivity contribution in [3.63, 3.8) is 0 Å². The Morgan fingerprint density at radius 3 is 2.74 bits per heavy atom. The Balaban J connectivity index is 2.24. The number of halogens is 2. The van der Waals surface area contributed by atoms with Gasteiger partial charge in [0.05, 0.1) is 9.26 Å². The minimum atomic E-state index is 0.517. The summed E-state index contributed by atoms with van der Waals surface area (Å²) in [5, 5.41) is 0.646. The van der Waals surface area contributed by atoms with Crippen LogP contribution < -0.4 is 0 Å². The van der Waals surface area contributed by atoms with Crippen LogP contribution in [0.3, 0.4) is 0 Å². The molecule has 1 saturated carbocycles. The van der Waals surface area contributed by atoms with Crippen molar-refractivity contribution in [1.82, 2.24) is 9.97 Å². The smallest absolute Gasteiger partial charge is 0.146 e. The molecule has 0 aromatic carbocycles. The van der Waals surface area contributed by atoms with Gasteiger partial charge in [0, 0.05) is 5.92 Å². The first kappa shape index (κ1) is 15.5. The van der Waals surface area contributed by atoms with Crippen LogP contribution in [0.15, 0.2) is 0 Å². The number of nitrogens with zero attached hydrogens (tertiary/aromatic N) is 2. The van der Waals surface area contributed by atoms with Crippen molar-refractivity contribution in [3.8, 4) is 0 Å². The Labute approximate surface area is 134 Å². The average molecular weight is 393 g/mol. The summed E-state index contributed by atoms with van der Waals surface area (Å²) in [5.74, 6) is 2.35. The third-order valence-electron chi connectivity index (χ3n) is 4.11. The maximum atomic E-state index is 6.29. The number of rotatable bonds is 4. The van der Waals surface area contributed by atoms with Gasteiger partial charge in [-0.1, -0.05) is 51.1 Å². The van der Waals surface area contributed by atoms with Crippen LogP contribution in [-0.2, 0) is 6.42 Å². The molecule has 0 spiro atoms. The molecule has 1 aliphatic carbocycles. The molecule has 0 bridgehead atoms. The molecule has 19 heavy (non-hydrogen) atoms. The second-order valence-corrected chi connectivity index (χ2v) is 6.96. The van der Waals surface area contributed by atoms with E-state index in [4.69, 9.17) is 16.6 Å². The molecule has 0 amide bonds. The molecule has 0 saturated heterocycles. The Kier molecular flexibility index (Phi) is 5.87.